The molecular formula is C12H21NS. The molecule has 0 saturated heterocycles. The lowest BCUT2D eigenvalue weighted by molar-refractivity contribution is 0.326. The molecule has 0 bridgehead atoms. The minimum absolute atomic E-state index is 0.892. The third-order valence-corrected chi connectivity index (χ3v) is 4.42. The first kappa shape index (κ1) is 10.4. The Morgan fingerprint density at radius 3 is 2.86 bits per heavy atom. The van der Waals surface area contributed by atoms with Gasteiger partial charge < -0.3 is 4.90 Å². The Morgan fingerprint density at radius 2 is 2.29 bits per heavy atom. The standard InChI is InChI=1S/C12H21NS/c1-10(2)12-4-3-11(7-12)8-13-5-6-14-9-13/h5-6,10-12H,3-4,7-9H2,1-2H3. The molecule has 0 aromatic rings. The average molecular weight is 211 g/mol. The Morgan fingerprint density at radius 1 is 1.43 bits per heavy atom. The molecule has 2 heteroatoms. The van der Waals surface area contributed by atoms with Gasteiger partial charge in [-0.15, -0.1) is 11.8 Å². The molecule has 0 radical (unpaired) electrons. The number of rotatable bonds is 3. The quantitative estimate of drug-likeness (QED) is 0.702. The molecular weight excluding hydrogens is 190 g/mol. The van der Waals surface area contributed by atoms with E-state index >= 15 is 0 Å². The van der Waals surface area contributed by atoms with Crippen LogP contribution in [0.25, 0.3) is 0 Å². The maximum atomic E-state index is 2.47. The topological polar surface area (TPSA) is 3.24 Å². The molecule has 2 rings (SSSR count). The summed E-state index contributed by atoms with van der Waals surface area (Å²) < 4.78 is 0. The van der Waals surface area contributed by atoms with Gasteiger partial charge in [-0.1, -0.05) is 13.8 Å². The first-order valence-electron chi connectivity index (χ1n) is 5.78. The Bertz CT molecular complexity index is 212. The molecule has 2 atom stereocenters. The molecule has 1 heterocycles. The van der Waals surface area contributed by atoms with Crippen molar-refractivity contribution in [2.45, 2.75) is 33.1 Å². The summed E-state index contributed by atoms with van der Waals surface area (Å²) in [4.78, 5) is 2.47. The van der Waals surface area contributed by atoms with E-state index in [9.17, 15) is 0 Å². The summed E-state index contributed by atoms with van der Waals surface area (Å²) in [6.45, 7) is 6.05. The van der Waals surface area contributed by atoms with Crippen LogP contribution in [0.3, 0.4) is 0 Å². The van der Waals surface area contributed by atoms with Crippen molar-refractivity contribution in [2.75, 3.05) is 12.4 Å². The van der Waals surface area contributed by atoms with Gasteiger partial charge in [-0.25, -0.2) is 0 Å². The van der Waals surface area contributed by atoms with E-state index in [1.54, 1.807) is 0 Å². The van der Waals surface area contributed by atoms with Gasteiger partial charge >= 0.3 is 0 Å². The van der Waals surface area contributed by atoms with Crippen LogP contribution in [0, 0.1) is 17.8 Å². The van der Waals surface area contributed by atoms with Gasteiger partial charge in [0.25, 0.3) is 0 Å². The highest BCUT2D eigenvalue weighted by Crippen LogP contribution is 2.36. The molecule has 0 amide bonds. The number of hydrogen-bond donors (Lipinski definition) is 0. The molecule has 0 N–H and O–H groups in total. The van der Waals surface area contributed by atoms with Crippen molar-refractivity contribution < 1.29 is 0 Å². The number of thioether (sulfide) groups is 1. The van der Waals surface area contributed by atoms with Gasteiger partial charge in [0.2, 0.25) is 0 Å². The van der Waals surface area contributed by atoms with Crippen LogP contribution in [0.2, 0.25) is 0 Å². The normalized spacial score (nSPS) is 32.1. The highest BCUT2D eigenvalue weighted by molar-refractivity contribution is 8.02. The minimum atomic E-state index is 0.892. The molecule has 1 nitrogen and oxygen atoms in total. The van der Waals surface area contributed by atoms with Gasteiger partial charge in [-0.3, -0.25) is 0 Å². The van der Waals surface area contributed by atoms with Crippen LogP contribution in [0.4, 0.5) is 0 Å². The third-order valence-electron chi connectivity index (χ3n) is 3.63. The van der Waals surface area contributed by atoms with E-state index in [-0.39, 0.29) is 0 Å². The lowest BCUT2D eigenvalue weighted by Crippen LogP contribution is -2.21. The van der Waals surface area contributed by atoms with Crippen LogP contribution < -0.4 is 0 Å². The summed E-state index contributed by atoms with van der Waals surface area (Å²) in [7, 11) is 0. The Labute approximate surface area is 91.9 Å². The van der Waals surface area contributed by atoms with Crippen LogP contribution >= 0.6 is 11.8 Å². The molecule has 0 spiro atoms. The maximum absolute atomic E-state index is 2.47. The molecule has 1 fully saturated rings. The Hall–Kier alpha value is -0.110. The van der Waals surface area contributed by atoms with Crippen molar-refractivity contribution >= 4 is 11.8 Å². The van der Waals surface area contributed by atoms with Crippen molar-refractivity contribution in [1.29, 1.82) is 0 Å². The zero-order valence-electron chi connectivity index (χ0n) is 9.28. The van der Waals surface area contributed by atoms with Crippen LogP contribution in [0.1, 0.15) is 33.1 Å². The summed E-state index contributed by atoms with van der Waals surface area (Å²) in [6.07, 6.45) is 6.64. The van der Waals surface area contributed by atoms with E-state index in [0.717, 1.165) is 17.8 Å². The molecule has 14 heavy (non-hydrogen) atoms. The molecule has 80 valence electrons. The SMILES string of the molecule is CC(C)C1CCC(CN2C=CSC2)C1. The fourth-order valence-corrected chi connectivity index (χ4v) is 3.37. The van der Waals surface area contributed by atoms with E-state index in [2.05, 4.69) is 30.4 Å². The van der Waals surface area contributed by atoms with Crippen LogP contribution in [0.15, 0.2) is 11.6 Å². The highest BCUT2D eigenvalue weighted by atomic mass is 32.2. The fourth-order valence-electron chi connectivity index (χ4n) is 2.64. The molecule has 2 unspecified atom stereocenters. The monoisotopic (exact) mass is 211 g/mol. The van der Waals surface area contributed by atoms with Crippen molar-refractivity contribution in [3.8, 4) is 0 Å². The molecule has 0 aromatic carbocycles. The van der Waals surface area contributed by atoms with E-state index in [1.165, 1.54) is 31.7 Å². The predicted octanol–water partition coefficient (Wildman–Crippen LogP) is 3.54. The predicted molar refractivity (Wildman–Crippen MR) is 64.0 cm³/mol. The van der Waals surface area contributed by atoms with Crippen LogP contribution in [0.5, 0.6) is 0 Å². The second kappa shape index (κ2) is 4.61. The van der Waals surface area contributed by atoms with Crippen molar-refractivity contribution in [2.24, 2.45) is 17.8 Å². The Kier molecular flexibility index (Phi) is 3.42. The first-order valence-corrected chi connectivity index (χ1v) is 6.83. The summed E-state index contributed by atoms with van der Waals surface area (Å²) in [6, 6.07) is 0. The Balaban J connectivity index is 1.75. The summed E-state index contributed by atoms with van der Waals surface area (Å²) in [5, 5.41) is 2.22. The highest BCUT2D eigenvalue weighted by Gasteiger charge is 2.27. The number of hydrogen-bond acceptors (Lipinski definition) is 2. The summed E-state index contributed by atoms with van der Waals surface area (Å²) in [5.74, 6) is 4.04. The van der Waals surface area contributed by atoms with Crippen LogP contribution in [-0.2, 0) is 0 Å². The summed E-state index contributed by atoms with van der Waals surface area (Å²) >= 11 is 1.92. The second-order valence-electron chi connectivity index (χ2n) is 5.04. The van der Waals surface area contributed by atoms with E-state index in [1.807, 2.05) is 11.8 Å². The molecule has 1 saturated carbocycles. The molecule has 1 aliphatic carbocycles. The summed E-state index contributed by atoms with van der Waals surface area (Å²) in [5.41, 5.74) is 0. The van der Waals surface area contributed by atoms with Gasteiger partial charge in [-0.2, -0.15) is 0 Å². The number of nitrogens with zero attached hydrogens (tertiary/aromatic N) is 1. The largest absolute Gasteiger partial charge is 0.367 e. The van der Waals surface area contributed by atoms with Gasteiger partial charge in [0, 0.05) is 12.7 Å². The van der Waals surface area contributed by atoms with Gasteiger partial charge in [0.05, 0.1) is 5.88 Å². The third kappa shape index (κ3) is 2.47. The van der Waals surface area contributed by atoms with E-state index in [0.29, 0.717) is 0 Å². The molecule has 2 aliphatic rings. The lowest BCUT2D eigenvalue weighted by Gasteiger charge is -2.20. The van der Waals surface area contributed by atoms with Crippen LogP contribution in [-0.4, -0.2) is 17.3 Å². The van der Waals surface area contributed by atoms with Crippen molar-refractivity contribution in [1.82, 2.24) is 4.90 Å². The average Bonchev–Trinajstić information content (AvgIpc) is 2.75. The lowest BCUT2D eigenvalue weighted by atomic mass is 9.93. The van der Waals surface area contributed by atoms with Gasteiger partial charge in [-0.05, 0) is 42.4 Å². The van der Waals surface area contributed by atoms with Gasteiger partial charge in [0.15, 0.2) is 0 Å². The molecule has 1 aliphatic heterocycles. The smallest absolute Gasteiger partial charge is 0.0675 e. The first-order chi connectivity index (χ1) is 6.75. The maximum Gasteiger partial charge on any atom is 0.0675 e. The zero-order chi connectivity index (χ0) is 9.97. The fraction of sp³-hybridized carbons (Fsp3) is 0.833. The van der Waals surface area contributed by atoms with Crippen molar-refractivity contribution in [3.05, 3.63) is 11.6 Å². The minimum Gasteiger partial charge on any atom is -0.367 e. The molecule has 0 aromatic heterocycles. The zero-order valence-corrected chi connectivity index (χ0v) is 10.1. The second-order valence-corrected chi connectivity index (χ2v) is 5.90. The van der Waals surface area contributed by atoms with Gasteiger partial charge in [0.1, 0.15) is 0 Å². The van der Waals surface area contributed by atoms with E-state index in [4.69, 9.17) is 0 Å². The van der Waals surface area contributed by atoms with Crippen molar-refractivity contribution in [3.63, 3.8) is 0 Å². The van der Waals surface area contributed by atoms with E-state index < -0.39 is 0 Å².